The van der Waals surface area contributed by atoms with E-state index in [0.29, 0.717) is 30.8 Å². The number of urea groups is 1. The minimum Gasteiger partial charge on any atom is -0.490 e. The lowest BCUT2D eigenvalue weighted by atomic mass is 10.1. The Morgan fingerprint density at radius 1 is 1.16 bits per heavy atom. The van der Waals surface area contributed by atoms with Crippen molar-refractivity contribution in [2.75, 3.05) is 25.0 Å². The molecule has 1 aromatic carbocycles. The molecule has 3 amide bonds. The Balaban J connectivity index is 1.24. The van der Waals surface area contributed by atoms with E-state index in [-0.39, 0.29) is 25.2 Å². The number of fused-ring (bicyclic) bond motifs is 1. The molecule has 0 aromatic heterocycles. The van der Waals surface area contributed by atoms with Crippen LogP contribution in [0.2, 0.25) is 0 Å². The van der Waals surface area contributed by atoms with Gasteiger partial charge in [-0.1, -0.05) is 0 Å². The molecule has 1 saturated heterocycles. The van der Waals surface area contributed by atoms with E-state index < -0.39 is 18.5 Å². The number of dihydropyridines is 1. The maximum atomic E-state index is 12.5. The summed E-state index contributed by atoms with van der Waals surface area (Å²) in [4.78, 5) is 27.0. The van der Waals surface area contributed by atoms with Gasteiger partial charge < -0.3 is 20.3 Å². The Kier molecular flexibility index (Phi) is 6.11. The predicted molar refractivity (Wildman–Crippen MR) is 112 cm³/mol. The number of likely N-dealkylation sites (tertiary alicyclic amines) is 1. The number of carbonyl (C=O) groups is 2. The van der Waals surface area contributed by atoms with Crippen LogP contribution in [0.5, 0.6) is 5.75 Å². The number of ether oxygens (including phenoxy) is 1. The van der Waals surface area contributed by atoms with Crippen LogP contribution in [0.3, 0.4) is 0 Å². The summed E-state index contributed by atoms with van der Waals surface area (Å²) in [5, 5.41) is 5.84. The van der Waals surface area contributed by atoms with Gasteiger partial charge in [0, 0.05) is 50.2 Å². The Morgan fingerprint density at radius 3 is 2.53 bits per heavy atom. The van der Waals surface area contributed by atoms with Crippen LogP contribution in [0.25, 0.3) is 0 Å². The van der Waals surface area contributed by atoms with Crippen LogP contribution >= 0.6 is 0 Å². The topological polar surface area (TPSA) is 73.9 Å². The van der Waals surface area contributed by atoms with Crippen molar-refractivity contribution >= 4 is 17.6 Å². The smallest absolute Gasteiger partial charge is 0.397 e. The number of piperidine rings is 1. The van der Waals surface area contributed by atoms with E-state index in [1.807, 2.05) is 12.3 Å². The fourth-order valence-electron chi connectivity index (χ4n) is 3.78. The van der Waals surface area contributed by atoms with Crippen LogP contribution < -0.4 is 15.4 Å². The molecule has 1 fully saturated rings. The van der Waals surface area contributed by atoms with Gasteiger partial charge in [0.15, 0.2) is 0 Å². The third-order valence-electron chi connectivity index (χ3n) is 5.44. The van der Waals surface area contributed by atoms with Crippen LogP contribution in [-0.2, 0) is 4.79 Å². The van der Waals surface area contributed by atoms with Crippen LogP contribution in [0.15, 0.2) is 60.1 Å². The van der Waals surface area contributed by atoms with Gasteiger partial charge in [-0.2, -0.15) is 13.2 Å². The second kappa shape index (κ2) is 8.97. The van der Waals surface area contributed by atoms with Crippen molar-refractivity contribution in [2.24, 2.45) is 0 Å². The molecule has 1 aromatic rings. The van der Waals surface area contributed by atoms with E-state index in [0.717, 1.165) is 11.1 Å². The number of benzene rings is 1. The number of carbonyl (C=O) groups excluding carboxylic acids is 2. The largest absolute Gasteiger partial charge is 0.490 e. The van der Waals surface area contributed by atoms with Crippen molar-refractivity contribution in [3.63, 3.8) is 0 Å². The molecule has 7 nitrogen and oxygen atoms in total. The SMILES string of the molecule is O=C(Nc1ccc(OC2CCN(C(=O)CC(F)(F)F)CC2)cc1)N1C=C2C=CNC=C2C1. The molecule has 2 N–H and O–H groups in total. The second-order valence-electron chi connectivity index (χ2n) is 7.83. The quantitative estimate of drug-likeness (QED) is 0.736. The van der Waals surface area contributed by atoms with Gasteiger partial charge in [-0.15, -0.1) is 0 Å². The number of allylic oxidation sites excluding steroid dienone is 1. The van der Waals surface area contributed by atoms with Gasteiger partial charge in [-0.3, -0.25) is 9.69 Å². The Hall–Kier alpha value is -3.43. The number of hydrogen-bond donors (Lipinski definition) is 2. The van der Waals surface area contributed by atoms with Gasteiger partial charge in [0.2, 0.25) is 5.91 Å². The normalized spacial score (nSPS) is 18.5. The highest BCUT2D eigenvalue weighted by molar-refractivity contribution is 5.91. The first-order chi connectivity index (χ1) is 15.3. The molecule has 0 bridgehead atoms. The standard InChI is InChI=1S/C22H23F3N4O3/c23-22(24,25)11-20(30)28-9-6-19(7-10-28)32-18-3-1-17(2-4-18)27-21(31)29-13-15-5-8-26-12-16(15)14-29/h1-5,8,12-13,19,26H,6-7,9-11,14H2,(H,27,31). The lowest BCUT2D eigenvalue weighted by Crippen LogP contribution is -2.43. The molecule has 3 aliphatic rings. The Labute approximate surface area is 183 Å². The molecule has 32 heavy (non-hydrogen) atoms. The third kappa shape index (κ3) is 5.43. The van der Waals surface area contributed by atoms with Gasteiger partial charge >= 0.3 is 12.2 Å². The summed E-state index contributed by atoms with van der Waals surface area (Å²) in [6.45, 7) is 0.963. The monoisotopic (exact) mass is 448 g/mol. The number of nitrogens with zero attached hydrogens (tertiary/aromatic N) is 2. The molecular weight excluding hydrogens is 425 g/mol. The first kappa shape index (κ1) is 21.8. The number of nitrogens with one attached hydrogen (secondary N) is 2. The Morgan fingerprint density at radius 2 is 1.88 bits per heavy atom. The molecular formula is C22H23F3N4O3. The summed E-state index contributed by atoms with van der Waals surface area (Å²) in [5.41, 5.74) is 2.65. The van der Waals surface area contributed by atoms with Gasteiger partial charge in [0.1, 0.15) is 18.3 Å². The molecule has 3 aliphatic heterocycles. The van der Waals surface area contributed by atoms with E-state index in [4.69, 9.17) is 4.74 Å². The van der Waals surface area contributed by atoms with Crippen LogP contribution in [0.4, 0.5) is 23.7 Å². The number of hydrogen-bond acceptors (Lipinski definition) is 4. The van der Waals surface area contributed by atoms with Crippen molar-refractivity contribution in [3.8, 4) is 5.75 Å². The minimum absolute atomic E-state index is 0.181. The second-order valence-corrected chi connectivity index (χ2v) is 7.83. The first-order valence-electron chi connectivity index (χ1n) is 10.3. The summed E-state index contributed by atoms with van der Waals surface area (Å²) >= 11 is 0. The molecule has 0 atom stereocenters. The predicted octanol–water partition coefficient (Wildman–Crippen LogP) is 3.74. The number of rotatable bonds is 4. The minimum atomic E-state index is -4.49. The highest BCUT2D eigenvalue weighted by Gasteiger charge is 2.35. The highest BCUT2D eigenvalue weighted by atomic mass is 19.4. The zero-order valence-corrected chi connectivity index (χ0v) is 17.2. The Bertz CT molecular complexity index is 962. The molecule has 0 saturated carbocycles. The number of anilines is 1. The summed E-state index contributed by atoms with van der Waals surface area (Å²) in [7, 11) is 0. The summed E-state index contributed by atoms with van der Waals surface area (Å²) < 4.78 is 43.0. The molecule has 4 rings (SSSR count). The molecule has 0 radical (unpaired) electrons. The molecule has 170 valence electrons. The van der Waals surface area contributed by atoms with Gasteiger partial charge in [-0.25, -0.2) is 4.79 Å². The summed E-state index contributed by atoms with van der Waals surface area (Å²) in [6, 6.07) is 6.67. The fraction of sp³-hybridized carbons (Fsp3) is 0.364. The zero-order valence-electron chi connectivity index (χ0n) is 17.2. The average Bonchev–Trinajstić information content (AvgIpc) is 3.19. The summed E-state index contributed by atoms with van der Waals surface area (Å²) in [5.74, 6) is -0.300. The van der Waals surface area contributed by atoms with E-state index in [1.165, 1.54) is 4.90 Å². The van der Waals surface area contributed by atoms with E-state index >= 15 is 0 Å². The number of halogens is 3. The molecule has 0 unspecified atom stereocenters. The molecule has 0 spiro atoms. The van der Waals surface area contributed by atoms with Gasteiger partial charge in [0.25, 0.3) is 0 Å². The average molecular weight is 448 g/mol. The lowest BCUT2D eigenvalue weighted by Gasteiger charge is -2.32. The van der Waals surface area contributed by atoms with Crippen molar-refractivity contribution < 1.29 is 27.5 Å². The summed E-state index contributed by atoms with van der Waals surface area (Å²) in [6.07, 6.45) is 2.20. The van der Waals surface area contributed by atoms with Crippen molar-refractivity contribution in [3.05, 3.63) is 60.1 Å². The van der Waals surface area contributed by atoms with Crippen molar-refractivity contribution in [1.29, 1.82) is 0 Å². The zero-order chi connectivity index (χ0) is 22.7. The molecule has 0 aliphatic carbocycles. The van der Waals surface area contributed by atoms with E-state index in [1.54, 1.807) is 41.6 Å². The lowest BCUT2D eigenvalue weighted by molar-refractivity contribution is -0.162. The van der Waals surface area contributed by atoms with Crippen molar-refractivity contribution in [2.45, 2.75) is 31.5 Å². The number of amides is 3. The van der Waals surface area contributed by atoms with Crippen LogP contribution in [-0.4, -0.2) is 53.7 Å². The van der Waals surface area contributed by atoms with Crippen LogP contribution in [0, 0.1) is 0 Å². The number of alkyl halides is 3. The van der Waals surface area contributed by atoms with Gasteiger partial charge in [0.05, 0.1) is 6.54 Å². The maximum Gasteiger partial charge on any atom is 0.397 e. The van der Waals surface area contributed by atoms with Crippen molar-refractivity contribution in [1.82, 2.24) is 15.1 Å². The highest BCUT2D eigenvalue weighted by Crippen LogP contribution is 2.26. The maximum absolute atomic E-state index is 12.5. The third-order valence-corrected chi connectivity index (χ3v) is 5.44. The van der Waals surface area contributed by atoms with Crippen LogP contribution in [0.1, 0.15) is 19.3 Å². The molecule has 3 heterocycles. The van der Waals surface area contributed by atoms with Gasteiger partial charge in [-0.05, 0) is 41.5 Å². The molecule has 10 heteroatoms. The first-order valence-corrected chi connectivity index (χ1v) is 10.3. The van der Waals surface area contributed by atoms with E-state index in [2.05, 4.69) is 10.6 Å². The van der Waals surface area contributed by atoms with E-state index in [9.17, 15) is 22.8 Å². The fourth-order valence-corrected chi connectivity index (χ4v) is 3.78.